The van der Waals surface area contributed by atoms with Crippen LogP contribution in [-0.2, 0) is 0 Å². The molecular formula is C21H19N3O2. The number of aromatic carboxylic acids is 1. The van der Waals surface area contributed by atoms with Crippen molar-refractivity contribution >= 4 is 23.0 Å². The van der Waals surface area contributed by atoms with Crippen molar-refractivity contribution in [3.05, 3.63) is 78.4 Å². The highest BCUT2D eigenvalue weighted by molar-refractivity contribution is 5.88. The number of rotatable bonds is 5. The summed E-state index contributed by atoms with van der Waals surface area (Å²) in [6.07, 6.45) is 0. The zero-order valence-electron chi connectivity index (χ0n) is 14.6. The Morgan fingerprint density at radius 3 is 1.58 bits per heavy atom. The monoisotopic (exact) mass is 345 g/mol. The van der Waals surface area contributed by atoms with Crippen LogP contribution in [0.5, 0.6) is 0 Å². The van der Waals surface area contributed by atoms with E-state index in [9.17, 15) is 4.79 Å². The molecule has 130 valence electrons. The number of azo groups is 1. The minimum Gasteiger partial charge on any atom is -0.478 e. The lowest BCUT2D eigenvalue weighted by Crippen LogP contribution is -2.07. The van der Waals surface area contributed by atoms with Crippen LogP contribution in [0.1, 0.15) is 10.4 Å². The van der Waals surface area contributed by atoms with Crippen LogP contribution in [0.4, 0.5) is 17.1 Å². The standard InChI is InChI=1S/C21H19N3O2/c1-24(2)20-13-11-19(12-14-20)23-22-18-9-7-16(8-10-18)15-3-5-17(6-4-15)21(25)26/h3-14H,1-2H3,(H,25,26)/b23-22+. The average Bonchev–Trinajstić information content (AvgIpc) is 2.67. The van der Waals surface area contributed by atoms with E-state index in [-0.39, 0.29) is 5.56 Å². The summed E-state index contributed by atoms with van der Waals surface area (Å²) in [5.41, 5.74) is 4.90. The molecule has 5 heteroatoms. The molecule has 26 heavy (non-hydrogen) atoms. The topological polar surface area (TPSA) is 65.3 Å². The third kappa shape index (κ3) is 4.13. The van der Waals surface area contributed by atoms with E-state index >= 15 is 0 Å². The van der Waals surface area contributed by atoms with E-state index in [1.54, 1.807) is 24.3 Å². The lowest BCUT2D eigenvalue weighted by molar-refractivity contribution is 0.0697. The molecule has 1 N–H and O–H groups in total. The van der Waals surface area contributed by atoms with Gasteiger partial charge < -0.3 is 10.0 Å². The summed E-state index contributed by atoms with van der Waals surface area (Å²) in [7, 11) is 3.99. The summed E-state index contributed by atoms with van der Waals surface area (Å²) >= 11 is 0. The highest BCUT2D eigenvalue weighted by Gasteiger charge is 2.03. The summed E-state index contributed by atoms with van der Waals surface area (Å²) in [6, 6.07) is 22.3. The molecule has 0 aromatic heterocycles. The fourth-order valence-electron chi connectivity index (χ4n) is 2.46. The summed E-state index contributed by atoms with van der Waals surface area (Å²) in [5.74, 6) is -0.925. The van der Waals surface area contributed by atoms with Gasteiger partial charge in [0.15, 0.2) is 0 Å². The molecule has 0 aliphatic heterocycles. The predicted molar refractivity (Wildman–Crippen MR) is 104 cm³/mol. The van der Waals surface area contributed by atoms with Gasteiger partial charge in [0.2, 0.25) is 0 Å². The lowest BCUT2D eigenvalue weighted by Gasteiger charge is -2.11. The summed E-state index contributed by atoms with van der Waals surface area (Å²) in [4.78, 5) is 12.9. The van der Waals surface area contributed by atoms with Crippen molar-refractivity contribution in [2.45, 2.75) is 0 Å². The number of carboxylic acids is 1. The van der Waals surface area contributed by atoms with Gasteiger partial charge in [-0.1, -0.05) is 24.3 Å². The summed E-state index contributed by atoms with van der Waals surface area (Å²) < 4.78 is 0. The SMILES string of the molecule is CN(C)c1ccc(/N=N/c2ccc(-c3ccc(C(=O)O)cc3)cc2)cc1. The van der Waals surface area contributed by atoms with E-state index in [4.69, 9.17) is 5.11 Å². The first-order chi connectivity index (χ1) is 12.5. The summed E-state index contributed by atoms with van der Waals surface area (Å²) in [5, 5.41) is 17.5. The van der Waals surface area contributed by atoms with E-state index in [0.29, 0.717) is 0 Å². The minimum absolute atomic E-state index is 0.277. The minimum atomic E-state index is -0.925. The van der Waals surface area contributed by atoms with Crippen molar-refractivity contribution < 1.29 is 9.90 Å². The molecule has 0 fully saturated rings. The van der Waals surface area contributed by atoms with Gasteiger partial charge in [-0.2, -0.15) is 10.2 Å². The zero-order chi connectivity index (χ0) is 18.5. The number of carbonyl (C=O) groups is 1. The van der Waals surface area contributed by atoms with Crippen molar-refractivity contribution in [2.75, 3.05) is 19.0 Å². The maximum Gasteiger partial charge on any atom is 0.335 e. The Kier molecular flexibility index (Phi) is 5.08. The Labute approximate surface area is 152 Å². The highest BCUT2D eigenvalue weighted by Crippen LogP contribution is 2.25. The molecule has 3 rings (SSSR count). The second kappa shape index (κ2) is 7.61. The van der Waals surface area contributed by atoms with E-state index in [1.807, 2.05) is 67.5 Å². The molecule has 0 unspecified atom stereocenters. The second-order valence-corrected chi connectivity index (χ2v) is 6.04. The molecule has 0 spiro atoms. The number of benzene rings is 3. The largest absolute Gasteiger partial charge is 0.478 e. The van der Waals surface area contributed by atoms with Crippen LogP contribution in [0.15, 0.2) is 83.0 Å². The van der Waals surface area contributed by atoms with Crippen LogP contribution in [-0.4, -0.2) is 25.2 Å². The van der Waals surface area contributed by atoms with Crippen molar-refractivity contribution in [1.29, 1.82) is 0 Å². The second-order valence-electron chi connectivity index (χ2n) is 6.04. The van der Waals surface area contributed by atoms with Crippen LogP contribution in [0.25, 0.3) is 11.1 Å². The molecule has 0 bridgehead atoms. The maximum absolute atomic E-state index is 10.9. The molecule has 5 nitrogen and oxygen atoms in total. The third-order valence-electron chi connectivity index (χ3n) is 3.98. The lowest BCUT2D eigenvalue weighted by atomic mass is 10.0. The van der Waals surface area contributed by atoms with Crippen LogP contribution >= 0.6 is 0 Å². The fraction of sp³-hybridized carbons (Fsp3) is 0.0952. The molecule has 0 saturated carbocycles. The first-order valence-electron chi connectivity index (χ1n) is 8.16. The average molecular weight is 345 g/mol. The van der Waals surface area contributed by atoms with Crippen LogP contribution < -0.4 is 4.90 Å². The van der Waals surface area contributed by atoms with Crippen molar-refractivity contribution in [1.82, 2.24) is 0 Å². The number of carboxylic acid groups (broad SMARTS) is 1. The molecular weight excluding hydrogens is 326 g/mol. The van der Waals surface area contributed by atoms with Crippen LogP contribution in [0.2, 0.25) is 0 Å². The number of hydrogen-bond donors (Lipinski definition) is 1. The van der Waals surface area contributed by atoms with Gasteiger partial charge >= 0.3 is 5.97 Å². The number of hydrogen-bond acceptors (Lipinski definition) is 4. The normalized spacial score (nSPS) is 10.8. The zero-order valence-corrected chi connectivity index (χ0v) is 14.6. The van der Waals surface area contributed by atoms with Gasteiger partial charge in [-0.25, -0.2) is 4.79 Å². The quantitative estimate of drug-likeness (QED) is 0.618. The molecule has 0 aliphatic rings. The maximum atomic E-state index is 10.9. The Morgan fingerprint density at radius 1 is 0.731 bits per heavy atom. The van der Waals surface area contributed by atoms with Gasteiger partial charge in [0.05, 0.1) is 16.9 Å². The van der Waals surface area contributed by atoms with Crippen LogP contribution in [0, 0.1) is 0 Å². The van der Waals surface area contributed by atoms with Crippen molar-refractivity contribution in [2.24, 2.45) is 10.2 Å². The third-order valence-corrected chi connectivity index (χ3v) is 3.98. The highest BCUT2D eigenvalue weighted by atomic mass is 16.4. The van der Waals surface area contributed by atoms with Gasteiger partial charge in [-0.15, -0.1) is 0 Å². The van der Waals surface area contributed by atoms with Crippen molar-refractivity contribution in [3.8, 4) is 11.1 Å². The Morgan fingerprint density at radius 2 is 1.15 bits per heavy atom. The van der Waals surface area contributed by atoms with Gasteiger partial charge in [0.1, 0.15) is 0 Å². The number of anilines is 1. The first kappa shape index (κ1) is 17.4. The molecule has 0 heterocycles. The Bertz CT molecular complexity index is 913. The summed E-state index contributed by atoms with van der Waals surface area (Å²) in [6.45, 7) is 0. The molecule has 3 aromatic rings. The van der Waals surface area contributed by atoms with Gasteiger partial charge in [0, 0.05) is 19.8 Å². The van der Waals surface area contributed by atoms with Gasteiger partial charge in [-0.05, 0) is 59.7 Å². The predicted octanol–water partition coefficient (Wildman–Crippen LogP) is 5.53. The van der Waals surface area contributed by atoms with E-state index in [2.05, 4.69) is 10.2 Å². The van der Waals surface area contributed by atoms with E-state index in [1.165, 1.54) is 0 Å². The van der Waals surface area contributed by atoms with Gasteiger partial charge in [-0.3, -0.25) is 0 Å². The van der Waals surface area contributed by atoms with Crippen LogP contribution in [0.3, 0.4) is 0 Å². The first-order valence-corrected chi connectivity index (χ1v) is 8.16. The molecule has 0 atom stereocenters. The Balaban J connectivity index is 1.71. The van der Waals surface area contributed by atoms with E-state index < -0.39 is 5.97 Å². The smallest absolute Gasteiger partial charge is 0.335 e. The van der Waals surface area contributed by atoms with E-state index in [0.717, 1.165) is 28.2 Å². The Hall–Kier alpha value is -3.47. The number of nitrogens with zero attached hydrogens (tertiary/aromatic N) is 3. The molecule has 3 aromatic carbocycles. The molecule has 0 saturated heterocycles. The molecule has 0 aliphatic carbocycles. The molecule has 0 radical (unpaired) electrons. The van der Waals surface area contributed by atoms with Crippen molar-refractivity contribution in [3.63, 3.8) is 0 Å². The van der Waals surface area contributed by atoms with Gasteiger partial charge in [0.25, 0.3) is 0 Å². The molecule has 0 amide bonds. The fourth-order valence-corrected chi connectivity index (χ4v) is 2.46.